The third-order valence-electron chi connectivity index (χ3n) is 4.97. The molecule has 3 saturated heterocycles. The first-order chi connectivity index (χ1) is 9.31. The van der Waals surface area contributed by atoms with E-state index in [1.165, 1.54) is 18.4 Å². The molecule has 3 heterocycles. The van der Waals surface area contributed by atoms with Crippen LogP contribution >= 0.6 is 0 Å². The van der Waals surface area contributed by atoms with Gasteiger partial charge in [-0.1, -0.05) is 30.3 Å². The van der Waals surface area contributed by atoms with Crippen LogP contribution in [-0.4, -0.2) is 29.9 Å². The molecule has 3 unspecified atom stereocenters. The maximum atomic E-state index is 6.21. The molecule has 0 N–H and O–H groups in total. The largest absolute Gasteiger partial charge is 0.372 e. The van der Waals surface area contributed by atoms with Gasteiger partial charge in [0, 0.05) is 12.5 Å². The number of hydrogen-bond donors (Lipinski definition) is 0. The average molecular weight is 259 g/mol. The third-order valence-corrected chi connectivity index (χ3v) is 4.97. The average Bonchev–Trinajstić information content (AvgIpc) is 2.68. The highest BCUT2D eigenvalue weighted by molar-refractivity contribution is 5.13. The lowest BCUT2D eigenvalue weighted by Crippen LogP contribution is -2.56. The van der Waals surface area contributed by atoms with Crippen LogP contribution in [0.25, 0.3) is 0 Å². The summed E-state index contributed by atoms with van der Waals surface area (Å²) in [6.07, 6.45) is 3.26. The van der Waals surface area contributed by atoms with Crippen LogP contribution in [-0.2, 0) is 16.2 Å². The molecule has 0 radical (unpaired) electrons. The van der Waals surface area contributed by atoms with E-state index in [-0.39, 0.29) is 0 Å². The van der Waals surface area contributed by atoms with Crippen LogP contribution in [0.5, 0.6) is 0 Å². The van der Waals surface area contributed by atoms with E-state index < -0.39 is 0 Å². The molecule has 1 saturated carbocycles. The molecule has 6 atom stereocenters. The molecule has 0 aromatic heterocycles. The highest BCUT2D eigenvalue weighted by Gasteiger charge is 2.54. The summed E-state index contributed by atoms with van der Waals surface area (Å²) in [4.78, 5) is 5.95. The minimum Gasteiger partial charge on any atom is -0.372 e. The molecular weight excluding hydrogens is 238 g/mol. The SMILES string of the molecule is C[C@H]1ON2C[C@@H]3CC(OCc4ccccc4)C2[C@@H]1C3. The van der Waals surface area contributed by atoms with E-state index in [1.54, 1.807) is 0 Å². The van der Waals surface area contributed by atoms with Gasteiger partial charge in [-0.25, -0.2) is 0 Å². The summed E-state index contributed by atoms with van der Waals surface area (Å²) in [5.74, 6) is 1.44. The fourth-order valence-corrected chi connectivity index (χ4v) is 4.11. The maximum Gasteiger partial charge on any atom is 0.0810 e. The summed E-state index contributed by atoms with van der Waals surface area (Å²) in [5.41, 5.74) is 1.26. The Labute approximate surface area is 114 Å². The lowest BCUT2D eigenvalue weighted by molar-refractivity contribution is -0.210. The Kier molecular flexibility index (Phi) is 2.87. The zero-order chi connectivity index (χ0) is 12.8. The molecule has 4 fully saturated rings. The van der Waals surface area contributed by atoms with Crippen molar-refractivity contribution in [2.75, 3.05) is 6.54 Å². The molecule has 3 heteroatoms. The quantitative estimate of drug-likeness (QED) is 0.833. The van der Waals surface area contributed by atoms with E-state index in [9.17, 15) is 0 Å². The lowest BCUT2D eigenvalue weighted by atomic mass is 9.71. The minimum atomic E-state index is 0.350. The van der Waals surface area contributed by atoms with Gasteiger partial charge in [0.25, 0.3) is 0 Å². The topological polar surface area (TPSA) is 21.7 Å². The van der Waals surface area contributed by atoms with Crippen molar-refractivity contribution in [3.8, 4) is 0 Å². The molecular formula is C16H21NO2. The first kappa shape index (κ1) is 11.9. The monoisotopic (exact) mass is 259 g/mol. The third kappa shape index (κ3) is 2.00. The second kappa shape index (κ2) is 4.58. The molecule has 0 amide bonds. The Bertz CT molecular complexity index is 447. The van der Waals surface area contributed by atoms with Crippen LogP contribution in [0.15, 0.2) is 30.3 Å². The van der Waals surface area contributed by atoms with Gasteiger partial charge in [-0.15, -0.1) is 0 Å². The Morgan fingerprint density at radius 1 is 1.26 bits per heavy atom. The van der Waals surface area contributed by atoms with Gasteiger partial charge in [-0.05, 0) is 31.2 Å². The van der Waals surface area contributed by atoms with Gasteiger partial charge in [0.05, 0.1) is 24.9 Å². The summed E-state index contributed by atoms with van der Waals surface area (Å²) in [6.45, 7) is 4.04. The summed E-state index contributed by atoms with van der Waals surface area (Å²) in [6, 6.07) is 11.0. The highest BCUT2D eigenvalue weighted by Crippen LogP contribution is 2.47. The van der Waals surface area contributed by atoms with Crippen molar-refractivity contribution >= 4 is 0 Å². The van der Waals surface area contributed by atoms with Crippen molar-refractivity contribution in [3.63, 3.8) is 0 Å². The standard InChI is InChI=1S/C16H21NO2/c1-11-14-7-13-8-15(16(14)17(9-13)19-11)18-10-12-5-3-2-4-6-12/h2-6,11,13-16H,7-10H2,1H3/t11-,13+,14-,15?,16?/m1/s1. The van der Waals surface area contributed by atoms with Gasteiger partial charge in [0.15, 0.2) is 0 Å². The lowest BCUT2D eigenvalue weighted by Gasteiger charge is -2.46. The van der Waals surface area contributed by atoms with Crippen molar-refractivity contribution in [1.29, 1.82) is 0 Å². The van der Waals surface area contributed by atoms with Crippen LogP contribution < -0.4 is 0 Å². The van der Waals surface area contributed by atoms with Gasteiger partial charge >= 0.3 is 0 Å². The van der Waals surface area contributed by atoms with Crippen molar-refractivity contribution in [3.05, 3.63) is 35.9 Å². The Morgan fingerprint density at radius 2 is 2.11 bits per heavy atom. The molecule has 3 nitrogen and oxygen atoms in total. The number of benzene rings is 1. The molecule has 0 spiro atoms. The molecule has 4 aliphatic rings. The highest BCUT2D eigenvalue weighted by atomic mass is 16.7. The van der Waals surface area contributed by atoms with Crippen molar-refractivity contribution in [1.82, 2.24) is 5.06 Å². The maximum absolute atomic E-state index is 6.21. The van der Waals surface area contributed by atoms with E-state index in [2.05, 4.69) is 36.3 Å². The Balaban J connectivity index is 1.45. The molecule has 4 bridgehead atoms. The summed E-state index contributed by atoms with van der Waals surface area (Å²) >= 11 is 0. The second-order valence-corrected chi connectivity index (χ2v) is 6.24. The van der Waals surface area contributed by atoms with Gasteiger partial charge in [-0.3, -0.25) is 4.84 Å². The van der Waals surface area contributed by atoms with Crippen LogP contribution in [0.4, 0.5) is 0 Å². The number of rotatable bonds is 3. The van der Waals surface area contributed by atoms with Gasteiger partial charge in [0.1, 0.15) is 0 Å². The van der Waals surface area contributed by atoms with E-state index >= 15 is 0 Å². The molecule has 1 aromatic carbocycles. The normalized spacial score (nSPS) is 43.6. The number of ether oxygens (including phenoxy) is 1. The predicted molar refractivity (Wildman–Crippen MR) is 72.3 cm³/mol. The molecule has 19 heavy (non-hydrogen) atoms. The predicted octanol–water partition coefficient (Wildman–Crippen LogP) is 2.62. The molecule has 3 aliphatic heterocycles. The first-order valence-electron chi connectivity index (χ1n) is 7.40. The van der Waals surface area contributed by atoms with Crippen LogP contribution in [0.3, 0.4) is 0 Å². The van der Waals surface area contributed by atoms with Gasteiger partial charge in [-0.2, -0.15) is 5.06 Å². The zero-order valence-corrected chi connectivity index (χ0v) is 11.4. The fourth-order valence-electron chi connectivity index (χ4n) is 4.11. The van der Waals surface area contributed by atoms with Crippen LogP contribution in [0.1, 0.15) is 25.3 Å². The smallest absolute Gasteiger partial charge is 0.0810 e. The van der Waals surface area contributed by atoms with E-state index in [0.717, 1.165) is 19.1 Å². The number of hydrogen-bond acceptors (Lipinski definition) is 3. The number of nitrogens with zero attached hydrogens (tertiary/aromatic N) is 1. The molecule has 1 aliphatic carbocycles. The number of fused-ring (bicyclic) bond motifs is 1. The summed E-state index contributed by atoms with van der Waals surface area (Å²) < 4.78 is 6.21. The first-order valence-corrected chi connectivity index (χ1v) is 7.40. The van der Waals surface area contributed by atoms with E-state index in [4.69, 9.17) is 9.57 Å². The van der Waals surface area contributed by atoms with Crippen LogP contribution in [0, 0.1) is 11.8 Å². The second-order valence-electron chi connectivity index (χ2n) is 6.24. The molecule has 1 aromatic rings. The number of hydroxylamine groups is 2. The summed E-state index contributed by atoms with van der Waals surface area (Å²) in [7, 11) is 0. The van der Waals surface area contributed by atoms with E-state index in [1.807, 2.05) is 6.07 Å². The van der Waals surface area contributed by atoms with Crippen molar-refractivity contribution in [2.45, 2.75) is 44.6 Å². The Hall–Kier alpha value is -0.900. The van der Waals surface area contributed by atoms with Crippen molar-refractivity contribution in [2.24, 2.45) is 11.8 Å². The molecule has 102 valence electrons. The molecule has 5 rings (SSSR count). The fraction of sp³-hybridized carbons (Fsp3) is 0.625. The van der Waals surface area contributed by atoms with Crippen LogP contribution in [0.2, 0.25) is 0 Å². The zero-order valence-electron chi connectivity index (χ0n) is 11.4. The Morgan fingerprint density at radius 3 is 2.89 bits per heavy atom. The van der Waals surface area contributed by atoms with Gasteiger partial charge < -0.3 is 4.74 Å². The van der Waals surface area contributed by atoms with Crippen molar-refractivity contribution < 1.29 is 9.57 Å². The van der Waals surface area contributed by atoms with Gasteiger partial charge in [0.2, 0.25) is 0 Å². The number of piperidine rings is 2. The minimum absolute atomic E-state index is 0.350. The van der Waals surface area contributed by atoms with E-state index in [0.29, 0.717) is 24.2 Å². The summed E-state index contributed by atoms with van der Waals surface area (Å²) in [5, 5.41) is 2.21.